The standard InChI is InChI=1S/C10H23ClO2Si/c1-5-12-14(4,13-6-2)9-10(3)7-8-11/h10H,5-9H2,1-4H3. The minimum absolute atomic E-state index is 0.599. The molecule has 14 heavy (non-hydrogen) atoms. The average molecular weight is 239 g/mol. The molecular weight excluding hydrogens is 216 g/mol. The number of hydrogen-bond donors (Lipinski definition) is 0. The molecule has 0 rings (SSSR count). The van der Waals surface area contributed by atoms with Gasteiger partial charge in [-0.3, -0.25) is 0 Å². The predicted octanol–water partition coefficient (Wildman–Crippen LogP) is 3.40. The van der Waals surface area contributed by atoms with Gasteiger partial charge in [-0.25, -0.2) is 0 Å². The Kier molecular flexibility index (Phi) is 7.92. The second kappa shape index (κ2) is 7.68. The minimum atomic E-state index is -1.91. The van der Waals surface area contributed by atoms with Crippen LogP contribution in [0.4, 0.5) is 0 Å². The summed E-state index contributed by atoms with van der Waals surface area (Å²) in [5.74, 6) is 1.33. The van der Waals surface area contributed by atoms with Crippen molar-refractivity contribution in [1.82, 2.24) is 0 Å². The number of rotatable bonds is 8. The zero-order valence-corrected chi connectivity index (χ0v) is 11.6. The summed E-state index contributed by atoms with van der Waals surface area (Å²) in [6, 6.07) is 1.04. The van der Waals surface area contributed by atoms with E-state index in [1.165, 1.54) is 0 Å². The van der Waals surface area contributed by atoms with Crippen molar-refractivity contribution < 1.29 is 8.85 Å². The lowest BCUT2D eigenvalue weighted by molar-refractivity contribution is 0.184. The Morgan fingerprint density at radius 3 is 2.07 bits per heavy atom. The summed E-state index contributed by atoms with van der Waals surface area (Å²) < 4.78 is 11.5. The van der Waals surface area contributed by atoms with E-state index >= 15 is 0 Å². The minimum Gasteiger partial charge on any atom is -0.395 e. The highest BCUT2D eigenvalue weighted by Gasteiger charge is 2.32. The molecule has 0 aromatic heterocycles. The van der Waals surface area contributed by atoms with Gasteiger partial charge in [0, 0.05) is 19.1 Å². The quantitative estimate of drug-likeness (QED) is 0.477. The molecule has 0 heterocycles. The van der Waals surface area contributed by atoms with E-state index in [1.54, 1.807) is 0 Å². The van der Waals surface area contributed by atoms with Gasteiger partial charge in [0.2, 0.25) is 0 Å². The van der Waals surface area contributed by atoms with Gasteiger partial charge >= 0.3 is 8.56 Å². The summed E-state index contributed by atoms with van der Waals surface area (Å²) in [5.41, 5.74) is 0. The third-order valence-electron chi connectivity index (χ3n) is 2.22. The lowest BCUT2D eigenvalue weighted by atomic mass is 10.2. The maximum absolute atomic E-state index is 5.76. The molecule has 0 saturated carbocycles. The van der Waals surface area contributed by atoms with E-state index in [1.807, 2.05) is 13.8 Å². The van der Waals surface area contributed by atoms with Crippen molar-refractivity contribution in [2.45, 2.75) is 39.8 Å². The molecule has 4 heteroatoms. The van der Waals surface area contributed by atoms with Crippen molar-refractivity contribution in [2.24, 2.45) is 5.92 Å². The van der Waals surface area contributed by atoms with E-state index in [4.69, 9.17) is 20.5 Å². The van der Waals surface area contributed by atoms with Crippen molar-refractivity contribution in [1.29, 1.82) is 0 Å². The Balaban J connectivity index is 4.05. The van der Waals surface area contributed by atoms with Crippen LogP contribution in [0.5, 0.6) is 0 Å². The van der Waals surface area contributed by atoms with Crippen LogP contribution in [0.2, 0.25) is 12.6 Å². The largest absolute Gasteiger partial charge is 0.395 e. The summed E-state index contributed by atoms with van der Waals surface area (Å²) in [6.45, 7) is 9.90. The van der Waals surface area contributed by atoms with Crippen LogP contribution in [0, 0.1) is 5.92 Å². The van der Waals surface area contributed by atoms with Gasteiger partial charge in [-0.15, -0.1) is 11.6 Å². The molecule has 0 aliphatic carbocycles. The van der Waals surface area contributed by atoms with Crippen LogP contribution in [0.1, 0.15) is 27.2 Å². The van der Waals surface area contributed by atoms with Crippen molar-refractivity contribution in [3.63, 3.8) is 0 Å². The van der Waals surface area contributed by atoms with Crippen LogP contribution >= 0.6 is 11.6 Å². The summed E-state index contributed by atoms with van der Waals surface area (Å²) in [4.78, 5) is 0. The fourth-order valence-electron chi connectivity index (χ4n) is 1.69. The van der Waals surface area contributed by atoms with Gasteiger partial charge in [0.05, 0.1) is 0 Å². The summed E-state index contributed by atoms with van der Waals surface area (Å²) in [7, 11) is -1.91. The molecule has 86 valence electrons. The topological polar surface area (TPSA) is 18.5 Å². The zero-order valence-electron chi connectivity index (χ0n) is 9.81. The fourth-order valence-corrected chi connectivity index (χ4v) is 5.07. The van der Waals surface area contributed by atoms with E-state index in [-0.39, 0.29) is 0 Å². The maximum atomic E-state index is 5.76. The molecule has 0 N–H and O–H groups in total. The van der Waals surface area contributed by atoms with Gasteiger partial charge in [-0.1, -0.05) is 6.92 Å². The summed E-state index contributed by atoms with van der Waals surface area (Å²) in [5, 5.41) is 0. The van der Waals surface area contributed by atoms with Crippen LogP contribution in [0.15, 0.2) is 0 Å². The average Bonchev–Trinajstić information content (AvgIpc) is 2.04. The Morgan fingerprint density at radius 2 is 1.71 bits per heavy atom. The van der Waals surface area contributed by atoms with Crippen molar-refractivity contribution in [3.8, 4) is 0 Å². The van der Waals surface area contributed by atoms with Gasteiger partial charge in [-0.05, 0) is 38.8 Å². The maximum Gasteiger partial charge on any atom is 0.335 e. The van der Waals surface area contributed by atoms with Gasteiger partial charge in [0.25, 0.3) is 0 Å². The molecule has 0 radical (unpaired) electrons. The van der Waals surface area contributed by atoms with Gasteiger partial charge < -0.3 is 8.85 Å². The summed E-state index contributed by atoms with van der Waals surface area (Å²) >= 11 is 5.71. The SMILES string of the molecule is CCO[Si](C)(CC(C)CCCl)OCC. The molecule has 0 bridgehead atoms. The molecule has 0 aliphatic heterocycles. The fraction of sp³-hybridized carbons (Fsp3) is 1.00. The van der Waals surface area contributed by atoms with Gasteiger partial charge in [0.15, 0.2) is 0 Å². The molecule has 0 aliphatic rings. The van der Waals surface area contributed by atoms with Crippen LogP contribution in [0.25, 0.3) is 0 Å². The first-order valence-corrected chi connectivity index (χ1v) is 8.47. The molecule has 1 unspecified atom stereocenters. The van der Waals surface area contributed by atoms with E-state index in [9.17, 15) is 0 Å². The van der Waals surface area contributed by atoms with Crippen LogP contribution in [-0.2, 0) is 8.85 Å². The zero-order chi connectivity index (χ0) is 11.0. The first-order valence-electron chi connectivity index (χ1n) is 5.41. The number of hydrogen-bond acceptors (Lipinski definition) is 2. The van der Waals surface area contributed by atoms with E-state index < -0.39 is 8.56 Å². The molecule has 0 amide bonds. The Labute approximate surface area is 94.2 Å². The molecule has 0 aromatic carbocycles. The van der Waals surface area contributed by atoms with Crippen LogP contribution in [-0.4, -0.2) is 27.7 Å². The molecule has 0 spiro atoms. The first kappa shape index (κ1) is 14.4. The Hall–Kier alpha value is 0.427. The molecule has 2 nitrogen and oxygen atoms in total. The lowest BCUT2D eigenvalue weighted by Crippen LogP contribution is -2.40. The number of halogens is 1. The third-order valence-corrected chi connectivity index (χ3v) is 5.68. The Bertz CT molecular complexity index is 138. The molecule has 0 saturated heterocycles. The highest BCUT2D eigenvalue weighted by atomic mass is 35.5. The molecule has 1 atom stereocenters. The highest BCUT2D eigenvalue weighted by Crippen LogP contribution is 2.22. The van der Waals surface area contributed by atoms with E-state index in [0.717, 1.165) is 31.6 Å². The van der Waals surface area contributed by atoms with Crippen molar-refractivity contribution in [2.75, 3.05) is 19.1 Å². The number of alkyl halides is 1. The monoisotopic (exact) mass is 238 g/mol. The van der Waals surface area contributed by atoms with Crippen molar-refractivity contribution >= 4 is 20.2 Å². The normalized spacial score (nSPS) is 14.4. The summed E-state index contributed by atoms with van der Waals surface area (Å²) in [6.07, 6.45) is 1.05. The highest BCUT2D eigenvalue weighted by molar-refractivity contribution is 6.66. The van der Waals surface area contributed by atoms with Crippen LogP contribution < -0.4 is 0 Å². The smallest absolute Gasteiger partial charge is 0.335 e. The Morgan fingerprint density at radius 1 is 1.21 bits per heavy atom. The molecule has 0 fully saturated rings. The second-order valence-corrected chi connectivity index (χ2v) is 7.42. The second-order valence-electron chi connectivity index (χ2n) is 3.79. The van der Waals surface area contributed by atoms with E-state index in [2.05, 4.69) is 13.5 Å². The lowest BCUT2D eigenvalue weighted by Gasteiger charge is -2.28. The van der Waals surface area contributed by atoms with Gasteiger partial charge in [-0.2, -0.15) is 0 Å². The van der Waals surface area contributed by atoms with Crippen LogP contribution in [0.3, 0.4) is 0 Å². The molecule has 0 aromatic rings. The predicted molar refractivity (Wildman–Crippen MR) is 64.2 cm³/mol. The first-order chi connectivity index (χ1) is 6.58. The molecular formula is C10H23ClO2Si. The van der Waals surface area contributed by atoms with Crippen molar-refractivity contribution in [3.05, 3.63) is 0 Å². The van der Waals surface area contributed by atoms with E-state index in [0.29, 0.717) is 5.92 Å². The van der Waals surface area contributed by atoms with Gasteiger partial charge in [0.1, 0.15) is 0 Å². The third kappa shape index (κ3) is 6.01.